The maximum atomic E-state index is 12.1. The summed E-state index contributed by atoms with van der Waals surface area (Å²) in [5, 5.41) is 11.6. The first-order valence-electron chi connectivity index (χ1n) is 6.18. The Bertz CT molecular complexity index is 484. The molecule has 5 nitrogen and oxygen atoms in total. The maximum Gasteiger partial charge on any atom is 0.323 e. The van der Waals surface area contributed by atoms with Gasteiger partial charge in [0, 0.05) is 11.7 Å². The van der Waals surface area contributed by atoms with Crippen LogP contribution >= 0.6 is 0 Å². The van der Waals surface area contributed by atoms with Crippen LogP contribution in [0.5, 0.6) is 0 Å². The van der Waals surface area contributed by atoms with Crippen LogP contribution in [0.3, 0.4) is 0 Å². The number of aliphatic carboxylic acids is 1. The number of anilines is 1. The molecule has 0 saturated heterocycles. The van der Waals surface area contributed by atoms with Crippen molar-refractivity contribution in [2.24, 2.45) is 0 Å². The standard InChI is InChI=1S/C14H20N2O3/c1-9(2)16(8-13(17)18)14(19)15-12-6-5-10(3)7-11(12)4/h5-7,9H,8H2,1-4H3,(H,15,19)(H,17,18). The van der Waals surface area contributed by atoms with Crippen molar-refractivity contribution < 1.29 is 14.7 Å². The van der Waals surface area contributed by atoms with Gasteiger partial charge in [0.05, 0.1) is 0 Å². The zero-order valence-electron chi connectivity index (χ0n) is 11.7. The van der Waals surface area contributed by atoms with E-state index in [1.165, 1.54) is 4.90 Å². The topological polar surface area (TPSA) is 69.6 Å². The maximum absolute atomic E-state index is 12.1. The number of hydrogen-bond donors (Lipinski definition) is 2. The van der Waals surface area contributed by atoms with Gasteiger partial charge in [0.25, 0.3) is 0 Å². The van der Waals surface area contributed by atoms with Gasteiger partial charge in [0.15, 0.2) is 0 Å². The van der Waals surface area contributed by atoms with Crippen LogP contribution in [0, 0.1) is 13.8 Å². The van der Waals surface area contributed by atoms with Crippen molar-refractivity contribution in [3.63, 3.8) is 0 Å². The largest absolute Gasteiger partial charge is 0.480 e. The van der Waals surface area contributed by atoms with Gasteiger partial charge in [-0.3, -0.25) is 4.79 Å². The zero-order chi connectivity index (χ0) is 14.6. The lowest BCUT2D eigenvalue weighted by molar-refractivity contribution is -0.137. The highest BCUT2D eigenvalue weighted by atomic mass is 16.4. The molecule has 2 amide bonds. The second kappa shape index (κ2) is 6.22. The number of benzene rings is 1. The number of amides is 2. The minimum atomic E-state index is -1.02. The molecule has 0 bridgehead atoms. The Kier molecular flexibility index (Phi) is 4.92. The molecule has 2 N–H and O–H groups in total. The Morgan fingerprint density at radius 2 is 1.95 bits per heavy atom. The van der Waals surface area contributed by atoms with Crippen molar-refractivity contribution in [2.45, 2.75) is 33.7 Å². The number of rotatable bonds is 4. The third kappa shape index (κ3) is 4.28. The molecule has 0 radical (unpaired) electrons. The number of carboxylic acid groups (broad SMARTS) is 1. The summed E-state index contributed by atoms with van der Waals surface area (Å²) in [6.45, 7) is 7.13. The first-order valence-corrected chi connectivity index (χ1v) is 6.18. The molecule has 0 spiro atoms. The average molecular weight is 264 g/mol. The van der Waals surface area contributed by atoms with Crippen LogP contribution in [-0.2, 0) is 4.79 Å². The first-order chi connectivity index (χ1) is 8.81. The van der Waals surface area contributed by atoms with Crippen molar-refractivity contribution in [3.8, 4) is 0 Å². The highest BCUT2D eigenvalue weighted by Gasteiger charge is 2.20. The molecule has 1 aromatic carbocycles. The molecule has 19 heavy (non-hydrogen) atoms. The summed E-state index contributed by atoms with van der Waals surface area (Å²) in [6.07, 6.45) is 0. The van der Waals surface area contributed by atoms with E-state index < -0.39 is 12.0 Å². The molecule has 1 aromatic rings. The molecular formula is C14H20N2O3. The van der Waals surface area contributed by atoms with E-state index in [1.807, 2.05) is 32.0 Å². The van der Waals surface area contributed by atoms with E-state index >= 15 is 0 Å². The lowest BCUT2D eigenvalue weighted by Crippen LogP contribution is -2.43. The summed E-state index contributed by atoms with van der Waals surface area (Å²) in [6, 6.07) is 5.11. The predicted molar refractivity (Wildman–Crippen MR) is 74.4 cm³/mol. The summed E-state index contributed by atoms with van der Waals surface area (Å²) in [5.74, 6) is -1.02. The van der Waals surface area contributed by atoms with Gasteiger partial charge in [-0.2, -0.15) is 0 Å². The lowest BCUT2D eigenvalue weighted by atomic mass is 10.1. The second-order valence-corrected chi connectivity index (χ2v) is 4.86. The van der Waals surface area contributed by atoms with Crippen LogP contribution in [0.25, 0.3) is 0 Å². The molecule has 0 unspecified atom stereocenters. The molecule has 0 saturated carbocycles. The Morgan fingerprint density at radius 3 is 2.42 bits per heavy atom. The second-order valence-electron chi connectivity index (χ2n) is 4.86. The summed E-state index contributed by atoms with van der Waals surface area (Å²) in [5.41, 5.74) is 2.76. The SMILES string of the molecule is Cc1ccc(NC(=O)N(CC(=O)O)C(C)C)c(C)c1. The molecule has 0 aliphatic rings. The number of urea groups is 1. The van der Waals surface area contributed by atoms with Crippen LogP contribution in [0.15, 0.2) is 18.2 Å². The van der Waals surface area contributed by atoms with Gasteiger partial charge >= 0.3 is 12.0 Å². The summed E-state index contributed by atoms with van der Waals surface area (Å²) in [7, 11) is 0. The first kappa shape index (κ1) is 15.0. The number of carbonyl (C=O) groups is 2. The normalized spacial score (nSPS) is 10.4. The Balaban J connectivity index is 2.84. The van der Waals surface area contributed by atoms with E-state index in [-0.39, 0.29) is 12.6 Å². The smallest absolute Gasteiger partial charge is 0.323 e. The van der Waals surface area contributed by atoms with Crippen LogP contribution in [0.1, 0.15) is 25.0 Å². The number of aryl methyl sites for hydroxylation is 2. The fourth-order valence-corrected chi connectivity index (χ4v) is 1.78. The fraction of sp³-hybridized carbons (Fsp3) is 0.429. The Morgan fingerprint density at radius 1 is 1.32 bits per heavy atom. The van der Waals surface area contributed by atoms with Gasteiger partial charge in [-0.25, -0.2) is 4.79 Å². The molecule has 0 atom stereocenters. The number of nitrogens with one attached hydrogen (secondary N) is 1. The number of nitrogens with zero attached hydrogens (tertiary/aromatic N) is 1. The number of carbonyl (C=O) groups excluding carboxylic acids is 1. The van der Waals surface area contributed by atoms with Crippen molar-refractivity contribution in [1.29, 1.82) is 0 Å². The van der Waals surface area contributed by atoms with E-state index in [1.54, 1.807) is 13.8 Å². The van der Waals surface area contributed by atoms with Crippen molar-refractivity contribution in [2.75, 3.05) is 11.9 Å². The summed E-state index contributed by atoms with van der Waals surface area (Å²) >= 11 is 0. The van der Waals surface area contributed by atoms with Gasteiger partial charge in [-0.05, 0) is 39.3 Å². The quantitative estimate of drug-likeness (QED) is 0.878. The summed E-state index contributed by atoms with van der Waals surface area (Å²) < 4.78 is 0. The lowest BCUT2D eigenvalue weighted by Gasteiger charge is -2.25. The molecule has 5 heteroatoms. The fourth-order valence-electron chi connectivity index (χ4n) is 1.78. The highest BCUT2D eigenvalue weighted by molar-refractivity contribution is 5.92. The minimum absolute atomic E-state index is 0.179. The van der Waals surface area contributed by atoms with Crippen LogP contribution in [0.2, 0.25) is 0 Å². The van der Waals surface area contributed by atoms with Crippen LogP contribution in [0.4, 0.5) is 10.5 Å². The Labute approximate surface area is 113 Å². The molecular weight excluding hydrogens is 244 g/mol. The number of hydrogen-bond acceptors (Lipinski definition) is 2. The molecule has 104 valence electrons. The third-order valence-corrected chi connectivity index (χ3v) is 2.81. The van der Waals surface area contributed by atoms with E-state index in [0.717, 1.165) is 11.1 Å². The van der Waals surface area contributed by atoms with E-state index in [0.29, 0.717) is 5.69 Å². The van der Waals surface area contributed by atoms with E-state index in [9.17, 15) is 9.59 Å². The van der Waals surface area contributed by atoms with Gasteiger partial charge in [-0.1, -0.05) is 17.7 Å². The summed E-state index contributed by atoms with van der Waals surface area (Å²) in [4.78, 5) is 24.1. The average Bonchev–Trinajstić information content (AvgIpc) is 2.29. The van der Waals surface area contributed by atoms with E-state index in [2.05, 4.69) is 5.32 Å². The van der Waals surface area contributed by atoms with Gasteiger partial charge < -0.3 is 15.3 Å². The number of carboxylic acids is 1. The minimum Gasteiger partial charge on any atom is -0.480 e. The van der Waals surface area contributed by atoms with Crippen molar-refractivity contribution in [1.82, 2.24) is 4.90 Å². The van der Waals surface area contributed by atoms with Gasteiger partial charge in [0.2, 0.25) is 0 Å². The third-order valence-electron chi connectivity index (χ3n) is 2.81. The molecule has 0 aromatic heterocycles. The molecule has 0 heterocycles. The van der Waals surface area contributed by atoms with E-state index in [4.69, 9.17) is 5.11 Å². The molecule has 0 fully saturated rings. The molecule has 1 rings (SSSR count). The van der Waals surface area contributed by atoms with Gasteiger partial charge in [0.1, 0.15) is 6.54 Å². The van der Waals surface area contributed by atoms with Crippen molar-refractivity contribution >= 4 is 17.7 Å². The van der Waals surface area contributed by atoms with Crippen LogP contribution in [-0.4, -0.2) is 34.6 Å². The monoisotopic (exact) mass is 264 g/mol. The van der Waals surface area contributed by atoms with Crippen LogP contribution < -0.4 is 5.32 Å². The van der Waals surface area contributed by atoms with Crippen molar-refractivity contribution in [3.05, 3.63) is 29.3 Å². The Hall–Kier alpha value is -2.04. The molecule has 0 aliphatic carbocycles. The van der Waals surface area contributed by atoms with Gasteiger partial charge in [-0.15, -0.1) is 0 Å². The zero-order valence-corrected chi connectivity index (χ0v) is 11.7. The highest BCUT2D eigenvalue weighted by Crippen LogP contribution is 2.17. The predicted octanol–water partition coefficient (Wildman–Crippen LogP) is 2.63. The molecule has 0 aliphatic heterocycles.